The van der Waals surface area contributed by atoms with Gasteiger partial charge in [0.15, 0.2) is 9.84 Å². The molecule has 182 valence electrons. The van der Waals surface area contributed by atoms with Gasteiger partial charge in [-0.1, -0.05) is 18.2 Å². The zero-order chi connectivity index (χ0) is 24.9. The predicted octanol–water partition coefficient (Wildman–Crippen LogP) is 1.86. The first-order valence-corrected chi connectivity index (χ1v) is 13.0. The molecule has 0 saturated carbocycles. The third kappa shape index (κ3) is 8.41. The van der Waals surface area contributed by atoms with Crippen LogP contribution in [0.4, 0.5) is 0 Å². The summed E-state index contributed by atoms with van der Waals surface area (Å²) in [5.41, 5.74) is 1.36. The fourth-order valence-corrected chi connectivity index (χ4v) is 4.66. The van der Waals surface area contributed by atoms with Gasteiger partial charge < -0.3 is 4.74 Å². The van der Waals surface area contributed by atoms with Gasteiger partial charge >= 0.3 is 0 Å². The van der Waals surface area contributed by atoms with Crippen molar-refractivity contribution in [3.8, 4) is 11.5 Å². The Balaban J connectivity index is 2.22. The lowest BCUT2D eigenvalue weighted by atomic mass is 10.2. The molecule has 0 spiro atoms. The van der Waals surface area contributed by atoms with E-state index in [4.69, 9.17) is 9.57 Å². The molecule has 0 saturated heterocycles. The van der Waals surface area contributed by atoms with Crippen LogP contribution < -0.4 is 14.9 Å². The molecule has 1 atom stereocenters. The summed E-state index contributed by atoms with van der Waals surface area (Å²) in [6.07, 6.45) is 0. The van der Waals surface area contributed by atoms with E-state index in [1.165, 1.54) is 38.4 Å². The number of ether oxygens (including phenoxy) is 1. The molecule has 0 fully saturated rings. The van der Waals surface area contributed by atoms with Gasteiger partial charge in [0.2, 0.25) is 0 Å². The predicted molar refractivity (Wildman–Crippen MR) is 124 cm³/mol. The maximum Gasteiger partial charge on any atom is 0.279 e. The number of rotatable bonds is 10. The van der Waals surface area contributed by atoms with Crippen molar-refractivity contribution in [2.24, 2.45) is 0 Å². The Morgan fingerprint density at radius 2 is 1.48 bits per heavy atom. The van der Waals surface area contributed by atoms with E-state index in [1.54, 1.807) is 45.0 Å². The Morgan fingerprint density at radius 1 is 0.939 bits per heavy atom. The van der Waals surface area contributed by atoms with Crippen molar-refractivity contribution in [2.75, 3.05) is 19.8 Å². The molecule has 0 aliphatic heterocycles. The molecule has 0 heterocycles. The molecule has 1 amide bonds. The number of sulfone groups is 1. The first-order valence-electron chi connectivity index (χ1n) is 9.93. The van der Waals surface area contributed by atoms with Crippen LogP contribution in [-0.4, -0.2) is 58.5 Å². The lowest BCUT2D eigenvalue weighted by Crippen LogP contribution is -2.53. The van der Waals surface area contributed by atoms with Crippen LogP contribution in [0.5, 0.6) is 11.5 Å². The first-order chi connectivity index (χ1) is 15.2. The number of para-hydroxylation sites is 1. The summed E-state index contributed by atoms with van der Waals surface area (Å²) in [6.45, 7) is 5.01. The highest BCUT2D eigenvalue weighted by Gasteiger charge is 2.32. The highest BCUT2D eigenvalue weighted by Crippen LogP contribution is 2.23. The number of amides is 1. The number of nitrogens with one attached hydrogen (secondary N) is 2. The molecule has 10 nitrogen and oxygen atoms in total. The Bertz CT molecular complexity index is 1140. The molecule has 33 heavy (non-hydrogen) atoms. The number of nitrogens with zero attached hydrogens (tertiary/aromatic N) is 1. The van der Waals surface area contributed by atoms with Crippen molar-refractivity contribution in [3.63, 3.8) is 0 Å². The Labute approximate surface area is 194 Å². The standard InChI is InChI=1S/C21H29N3O7S2/c1-21(2,3)31-22-20(25)19(23-33(28,29)24(4)5)15-32(26,27)18-13-11-17(12-14-18)30-16-9-7-6-8-10-16/h6-14,19,23H,15H2,1-5H3,(H,22,25). The molecule has 2 aromatic carbocycles. The highest BCUT2D eigenvalue weighted by atomic mass is 32.2. The van der Waals surface area contributed by atoms with Crippen LogP contribution in [0.2, 0.25) is 0 Å². The summed E-state index contributed by atoms with van der Waals surface area (Å²) >= 11 is 0. The summed E-state index contributed by atoms with van der Waals surface area (Å²) < 4.78 is 59.0. The van der Waals surface area contributed by atoms with Gasteiger partial charge in [0.1, 0.15) is 17.5 Å². The smallest absolute Gasteiger partial charge is 0.279 e. The van der Waals surface area contributed by atoms with Crippen LogP contribution >= 0.6 is 0 Å². The van der Waals surface area contributed by atoms with Gasteiger partial charge in [-0.05, 0) is 57.2 Å². The summed E-state index contributed by atoms with van der Waals surface area (Å²) in [7, 11) is -5.67. The molecule has 2 aromatic rings. The normalized spacial score (nSPS) is 13.5. The zero-order valence-electron chi connectivity index (χ0n) is 19.1. The van der Waals surface area contributed by atoms with Crippen LogP contribution in [-0.2, 0) is 29.7 Å². The molecule has 12 heteroatoms. The Kier molecular flexibility index (Phi) is 8.60. The SMILES string of the molecule is CN(C)S(=O)(=O)NC(CS(=O)(=O)c1ccc(Oc2ccccc2)cc1)C(=O)NOC(C)(C)C. The lowest BCUT2D eigenvalue weighted by Gasteiger charge is -2.24. The van der Waals surface area contributed by atoms with E-state index in [0.29, 0.717) is 11.5 Å². The minimum absolute atomic E-state index is 0.0958. The summed E-state index contributed by atoms with van der Waals surface area (Å²) in [5, 5.41) is 0. The minimum Gasteiger partial charge on any atom is -0.457 e. The average molecular weight is 500 g/mol. The number of carbonyl (C=O) groups is 1. The largest absolute Gasteiger partial charge is 0.457 e. The van der Waals surface area contributed by atoms with Gasteiger partial charge in [-0.2, -0.15) is 17.4 Å². The van der Waals surface area contributed by atoms with Crippen molar-refractivity contribution in [2.45, 2.75) is 37.3 Å². The van der Waals surface area contributed by atoms with Crippen LogP contribution in [0.3, 0.4) is 0 Å². The molecular formula is C21H29N3O7S2. The highest BCUT2D eigenvalue weighted by molar-refractivity contribution is 7.91. The van der Waals surface area contributed by atoms with Crippen LogP contribution in [0.1, 0.15) is 20.8 Å². The summed E-state index contributed by atoms with van der Waals surface area (Å²) in [5.74, 6) is -0.760. The van der Waals surface area contributed by atoms with Crippen LogP contribution in [0.25, 0.3) is 0 Å². The second kappa shape index (κ2) is 10.6. The molecule has 0 radical (unpaired) electrons. The second-order valence-corrected chi connectivity index (χ2v) is 12.3. The van der Waals surface area contributed by atoms with E-state index in [1.807, 2.05) is 6.07 Å². The van der Waals surface area contributed by atoms with Gasteiger partial charge in [-0.25, -0.2) is 13.9 Å². The summed E-state index contributed by atoms with van der Waals surface area (Å²) in [6, 6.07) is 12.9. The third-order valence-electron chi connectivity index (χ3n) is 4.09. The first kappa shape index (κ1) is 26.7. The monoisotopic (exact) mass is 499 g/mol. The minimum atomic E-state index is -4.11. The fraction of sp³-hybridized carbons (Fsp3) is 0.381. The second-order valence-electron chi connectivity index (χ2n) is 8.31. The molecule has 0 aromatic heterocycles. The molecule has 0 aliphatic carbocycles. The van der Waals surface area contributed by atoms with Crippen molar-refractivity contribution < 1.29 is 31.2 Å². The van der Waals surface area contributed by atoms with Crippen molar-refractivity contribution in [1.82, 2.24) is 14.5 Å². The molecule has 2 N–H and O–H groups in total. The van der Waals surface area contributed by atoms with Gasteiger partial charge in [-0.3, -0.25) is 9.63 Å². The van der Waals surface area contributed by atoms with Gasteiger partial charge in [-0.15, -0.1) is 0 Å². The van der Waals surface area contributed by atoms with Crippen LogP contribution in [0, 0.1) is 0 Å². The van der Waals surface area contributed by atoms with Gasteiger partial charge in [0.25, 0.3) is 16.1 Å². The maximum absolute atomic E-state index is 13.0. The van der Waals surface area contributed by atoms with E-state index in [9.17, 15) is 21.6 Å². The van der Waals surface area contributed by atoms with E-state index in [-0.39, 0.29) is 4.90 Å². The topological polar surface area (TPSA) is 131 Å². The van der Waals surface area contributed by atoms with Crippen LogP contribution in [0.15, 0.2) is 59.5 Å². The Morgan fingerprint density at radius 3 is 2.00 bits per heavy atom. The van der Waals surface area contributed by atoms with E-state index < -0.39 is 43.3 Å². The fourth-order valence-electron chi connectivity index (χ4n) is 2.38. The molecule has 0 aliphatic rings. The number of benzene rings is 2. The third-order valence-corrected chi connectivity index (χ3v) is 7.40. The van der Waals surface area contributed by atoms with Crippen molar-refractivity contribution in [1.29, 1.82) is 0 Å². The molecule has 2 rings (SSSR count). The number of hydroxylamine groups is 1. The van der Waals surface area contributed by atoms with Gasteiger partial charge in [0.05, 0.1) is 16.2 Å². The molecule has 1 unspecified atom stereocenters. The van der Waals surface area contributed by atoms with Crippen molar-refractivity contribution in [3.05, 3.63) is 54.6 Å². The van der Waals surface area contributed by atoms with E-state index in [2.05, 4.69) is 10.2 Å². The van der Waals surface area contributed by atoms with E-state index >= 15 is 0 Å². The Hall–Kier alpha value is -2.51. The van der Waals surface area contributed by atoms with E-state index in [0.717, 1.165) is 4.31 Å². The van der Waals surface area contributed by atoms with Gasteiger partial charge in [0, 0.05) is 14.1 Å². The molecular weight excluding hydrogens is 470 g/mol. The quantitative estimate of drug-likeness (QED) is 0.477. The average Bonchev–Trinajstić information content (AvgIpc) is 2.71. The zero-order valence-corrected chi connectivity index (χ0v) is 20.7. The van der Waals surface area contributed by atoms with Crippen molar-refractivity contribution >= 4 is 26.0 Å². The lowest BCUT2D eigenvalue weighted by molar-refractivity contribution is -0.146. The molecule has 0 bridgehead atoms. The maximum atomic E-state index is 13.0. The number of hydrogen-bond acceptors (Lipinski definition) is 7. The summed E-state index contributed by atoms with van der Waals surface area (Å²) in [4.78, 5) is 17.7. The number of hydrogen-bond donors (Lipinski definition) is 2. The number of carbonyl (C=O) groups excluding carboxylic acids is 1.